The zero-order valence-corrected chi connectivity index (χ0v) is 9.34. The number of aliphatic hydroxyl groups is 1. The summed E-state index contributed by atoms with van der Waals surface area (Å²) in [5.74, 6) is -0.973. The van der Waals surface area contributed by atoms with Crippen molar-refractivity contribution in [3.8, 4) is 0 Å². The Bertz CT molecular complexity index is 392. The van der Waals surface area contributed by atoms with Gasteiger partial charge in [-0.2, -0.15) is 0 Å². The quantitative estimate of drug-likeness (QED) is 0.819. The third kappa shape index (κ3) is 1.73. The van der Waals surface area contributed by atoms with Crippen molar-refractivity contribution in [2.75, 3.05) is 0 Å². The van der Waals surface area contributed by atoms with Gasteiger partial charge in [-0.05, 0) is 43.4 Å². The van der Waals surface area contributed by atoms with E-state index in [0.717, 1.165) is 37.5 Å². The highest BCUT2D eigenvalue weighted by Gasteiger charge is 2.43. The van der Waals surface area contributed by atoms with Crippen LogP contribution >= 0.6 is 0 Å². The van der Waals surface area contributed by atoms with E-state index in [1.54, 1.807) is 0 Å². The van der Waals surface area contributed by atoms with E-state index >= 15 is 0 Å². The van der Waals surface area contributed by atoms with Crippen LogP contribution in [0.15, 0.2) is 18.2 Å². The van der Waals surface area contributed by atoms with E-state index in [-0.39, 0.29) is 11.5 Å². The molecule has 2 atom stereocenters. The number of rotatable bonds is 2. The van der Waals surface area contributed by atoms with Gasteiger partial charge in [0, 0.05) is 5.56 Å². The molecule has 1 fully saturated rings. The molecule has 88 valence electrons. The van der Waals surface area contributed by atoms with Crippen LogP contribution in [0, 0.1) is 17.6 Å². The lowest BCUT2D eigenvalue weighted by molar-refractivity contribution is -0.00731. The number of hydrogen-bond donors (Lipinski definition) is 1. The molecule has 1 aliphatic rings. The van der Waals surface area contributed by atoms with Gasteiger partial charge in [0.1, 0.15) is 11.6 Å². The summed E-state index contributed by atoms with van der Waals surface area (Å²) < 4.78 is 26.8. The van der Waals surface area contributed by atoms with Crippen molar-refractivity contribution in [2.45, 2.75) is 38.2 Å². The van der Waals surface area contributed by atoms with E-state index in [9.17, 15) is 13.9 Å². The zero-order chi connectivity index (χ0) is 11.8. The van der Waals surface area contributed by atoms with Crippen LogP contribution in [0.1, 0.15) is 38.2 Å². The van der Waals surface area contributed by atoms with Crippen molar-refractivity contribution in [3.63, 3.8) is 0 Å². The lowest BCUT2D eigenvalue weighted by atomic mass is 9.82. The first-order chi connectivity index (χ1) is 7.58. The Kier molecular flexibility index (Phi) is 2.98. The van der Waals surface area contributed by atoms with Gasteiger partial charge >= 0.3 is 0 Å². The highest BCUT2D eigenvalue weighted by molar-refractivity contribution is 5.27. The molecule has 2 rings (SSSR count). The van der Waals surface area contributed by atoms with Gasteiger partial charge in [-0.1, -0.05) is 13.3 Å². The van der Waals surface area contributed by atoms with Crippen LogP contribution in [0.4, 0.5) is 8.78 Å². The fourth-order valence-electron chi connectivity index (χ4n) is 2.79. The molecule has 0 radical (unpaired) electrons. The molecule has 16 heavy (non-hydrogen) atoms. The largest absolute Gasteiger partial charge is 0.385 e. The molecule has 1 saturated carbocycles. The Morgan fingerprint density at radius 3 is 2.88 bits per heavy atom. The molecule has 2 unspecified atom stereocenters. The molecule has 1 aliphatic carbocycles. The SMILES string of the molecule is CCC1CCCC1(O)c1cc(F)ccc1F. The third-order valence-electron chi connectivity index (χ3n) is 3.67. The molecule has 0 aliphatic heterocycles. The van der Waals surface area contributed by atoms with Crippen LogP contribution in [0.2, 0.25) is 0 Å². The molecule has 0 spiro atoms. The van der Waals surface area contributed by atoms with Crippen LogP contribution in [-0.2, 0) is 5.60 Å². The smallest absolute Gasteiger partial charge is 0.129 e. The van der Waals surface area contributed by atoms with Gasteiger partial charge in [0.2, 0.25) is 0 Å². The fourth-order valence-corrected chi connectivity index (χ4v) is 2.79. The van der Waals surface area contributed by atoms with Gasteiger partial charge in [0.25, 0.3) is 0 Å². The average Bonchev–Trinajstić information content (AvgIpc) is 2.64. The topological polar surface area (TPSA) is 20.2 Å². The predicted molar refractivity (Wildman–Crippen MR) is 57.9 cm³/mol. The van der Waals surface area contributed by atoms with Crippen LogP contribution < -0.4 is 0 Å². The minimum absolute atomic E-state index is 0.0313. The first kappa shape index (κ1) is 11.5. The van der Waals surface area contributed by atoms with Crippen molar-refractivity contribution in [2.24, 2.45) is 5.92 Å². The standard InChI is InChI=1S/C13H16F2O/c1-2-9-4-3-7-13(9,16)11-8-10(14)5-6-12(11)15/h5-6,8-9,16H,2-4,7H2,1H3. The van der Waals surface area contributed by atoms with Gasteiger partial charge in [-0.25, -0.2) is 8.78 Å². The van der Waals surface area contributed by atoms with E-state index in [1.807, 2.05) is 6.92 Å². The fraction of sp³-hybridized carbons (Fsp3) is 0.538. The third-order valence-corrected chi connectivity index (χ3v) is 3.67. The van der Waals surface area contributed by atoms with E-state index in [4.69, 9.17) is 0 Å². The highest BCUT2D eigenvalue weighted by Crippen LogP contribution is 2.45. The molecule has 1 aromatic rings. The van der Waals surface area contributed by atoms with Crippen molar-refractivity contribution >= 4 is 0 Å². The summed E-state index contributed by atoms with van der Waals surface area (Å²) in [5.41, 5.74) is -1.06. The number of hydrogen-bond acceptors (Lipinski definition) is 1. The highest BCUT2D eigenvalue weighted by atomic mass is 19.1. The van der Waals surface area contributed by atoms with Crippen molar-refractivity contribution in [3.05, 3.63) is 35.4 Å². The minimum atomic E-state index is -1.18. The van der Waals surface area contributed by atoms with Crippen LogP contribution in [0.5, 0.6) is 0 Å². The van der Waals surface area contributed by atoms with Crippen molar-refractivity contribution in [1.29, 1.82) is 0 Å². The summed E-state index contributed by atoms with van der Waals surface area (Å²) in [4.78, 5) is 0. The van der Waals surface area contributed by atoms with Crippen molar-refractivity contribution < 1.29 is 13.9 Å². The van der Waals surface area contributed by atoms with Gasteiger partial charge in [-0.15, -0.1) is 0 Å². The minimum Gasteiger partial charge on any atom is -0.385 e. The Morgan fingerprint density at radius 2 is 2.19 bits per heavy atom. The van der Waals surface area contributed by atoms with E-state index < -0.39 is 17.2 Å². The number of benzene rings is 1. The first-order valence-corrected chi connectivity index (χ1v) is 5.76. The van der Waals surface area contributed by atoms with E-state index in [1.165, 1.54) is 0 Å². The summed E-state index contributed by atoms with van der Waals surface area (Å²) in [6, 6.07) is 3.30. The van der Waals surface area contributed by atoms with Crippen molar-refractivity contribution in [1.82, 2.24) is 0 Å². The summed E-state index contributed by atoms with van der Waals surface area (Å²) >= 11 is 0. The van der Waals surface area contributed by atoms with Gasteiger partial charge in [0.15, 0.2) is 0 Å². The zero-order valence-electron chi connectivity index (χ0n) is 9.34. The maximum atomic E-state index is 13.6. The van der Waals surface area contributed by atoms with Gasteiger partial charge in [-0.3, -0.25) is 0 Å². The molecule has 0 saturated heterocycles. The normalized spacial score (nSPS) is 29.6. The summed E-state index contributed by atoms with van der Waals surface area (Å²) in [6.07, 6.45) is 3.05. The Balaban J connectivity index is 2.45. The lowest BCUT2D eigenvalue weighted by Gasteiger charge is -2.30. The van der Waals surface area contributed by atoms with Crippen LogP contribution in [-0.4, -0.2) is 5.11 Å². The van der Waals surface area contributed by atoms with Gasteiger partial charge in [0.05, 0.1) is 5.60 Å². The molecule has 0 heterocycles. The molecule has 1 N–H and O–H groups in total. The second kappa shape index (κ2) is 4.13. The second-order valence-electron chi connectivity index (χ2n) is 4.55. The maximum absolute atomic E-state index is 13.6. The molecule has 0 bridgehead atoms. The molecular weight excluding hydrogens is 210 g/mol. The molecule has 0 aromatic heterocycles. The first-order valence-electron chi connectivity index (χ1n) is 5.76. The maximum Gasteiger partial charge on any atom is 0.129 e. The van der Waals surface area contributed by atoms with Crippen LogP contribution in [0.25, 0.3) is 0 Å². The summed E-state index contributed by atoms with van der Waals surface area (Å²) in [6.45, 7) is 1.97. The average molecular weight is 226 g/mol. The second-order valence-corrected chi connectivity index (χ2v) is 4.55. The molecule has 3 heteroatoms. The summed E-state index contributed by atoms with van der Waals surface area (Å²) in [7, 11) is 0. The monoisotopic (exact) mass is 226 g/mol. The Labute approximate surface area is 94.1 Å². The Hall–Kier alpha value is -0.960. The number of halogens is 2. The molecule has 0 amide bonds. The molecule has 1 aromatic carbocycles. The predicted octanol–water partition coefficient (Wildman–Crippen LogP) is 3.36. The lowest BCUT2D eigenvalue weighted by Crippen LogP contribution is -2.31. The summed E-state index contributed by atoms with van der Waals surface area (Å²) in [5, 5.41) is 10.5. The van der Waals surface area contributed by atoms with Crippen LogP contribution in [0.3, 0.4) is 0 Å². The molecular formula is C13H16F2O. The molecule has 1 nitrogen and oxygen atoms in total. The van der Waals surface area contributed by atoms with E-state index in [2.05, 4.69) is 0 Å². The van der Waals surface area contributed by atoms with E-state index in [0.29, 0.717) is 6.42 Å². The Morgan fingerprint density at radius 1 is 1.44 bits per heavy atom. The van der Waals surface area contributed by atoms with Gasteiger partial charge < -0.3 is 5.11 Å².